The molecule has 6 nitrogen and oxygen atoms in total. The van der Waals surface area contributed by atoms with Crippen LogP contribution in [0.1, 0.15) is 20.7 Å². The van der Waals surface area contributed by atoms with Gasteiger partial charge in [0.2, 0.25) is 0 Å². The highest BCUT2D eigenvalue weighted by Crippen LogP contribution is 2.04. The van der Waals surface area contributed by atoms with Crippen LogP contribution >= 0.6 is 0 Å². The van der Waals surface area contributed by atoms with E-state index in [1.165, 1.54) is 24.3 Å². The molecule has 1 aromatic carbocycles. The van der Waals surface area contributed by atoms with Crippen LogP contribution in [0.2, 0.25) is 0 Å². The van der Waals surface area contributed by atoms with Crippen molar-refractivity contribution in [3.05, 3.63) is 35.4 Å². The Balaban J connectivity index is 2.62. The second-order valence-electron chi connectivity index (χ2n) is 3.54. The Bertz CT molecular complexity index is 364. The number of aliphatic hydroxyl groups excluding tert-OH is 2. The lowest BCUT2D eigenvalue weighted by Gasteiger charge is -2.05. The second kappa shape index (κ2) is 7.41. The maximum atomic E-state index is 11.5. The molecule has 1 aromatic rings. The highest BCUT2D eigenvalue weighted by Gasteiger charge is 2.07. The van der Waals surface area contributed by atoms with E-state index >= 15 is 0 Å². The van der Waals surface area contributed by atoms with Crippen molar-refractivity contribution in [1.29, 1.82) is 0 Å². The van der Waals surface area contributed by atoms with Gasteiger partial charge in [-0.1, -0.05) is 0 Å². The first kappa shape index (κ1) is 14.1. The molecule has 98 valence electrons. The Kier molecular flexibility index (Phi) is 5.83. The van der Waals surface area contributed by atoms with E-state index in [0.29, 0.717) is 11.1 Å². The third kappa shape index (κ3) is 4.15. The van der Waals surface area contributed by atoms with Gasteiger partial charge in [-0.15, -0.1) is 0 Å². The molecule has 0 fully saturated rings. The van der Waals surface area contributed by atoms with Crippen LogP contribution in [-0.2, 0) is 0 Å². The third-order valence-corrected chi connectivity index (χ3v) is 2.20. The van der Waals surface area contributed by atoms with Gasteiger partial charge in [-0.2, -0.15) is 0 Å². The summed E-state index contributed by atoms with van der Waals surface area (Å²) in [7, 11) is 0. The van der Waals surface area contributed by atoms with E-state index in [9.17, 15) is 9.59 Å². The van der Waals surface area contributed by atoms with Crippen molar-refractivity contribution in [3.63, 3.8) is 0 Å². The topological polar surface area (TPSA) is 98.7 Å². The second-order valence-corrected chi connectivity index (χ2v) is 3.54. The SMILES string of the molecule is O=C(NCCO)c1ccc(C(=O)NCCO)cc1. The van der Waals surface area contributed by atoms with Crippen LogP contribution < -0.4 is 10.6 Å². The zero-order valence-corrected chi connectivity index (χ0v) is 9.85. The molecule has 0 aliphatic rings. The van der Waals surface area contributed by atoms with Gasteiger partial charge in [-0.3, -0.25) is 9.59 Å². The molecule has 6 heteroatoms. The van der Waals surface area contributed by atoms with Crippen molar-refractivity contribution in [2.45, 2.75) is 0 Å². The molecule has 4 N–H and O–H groups in total. The van der Waals surface area contributed by atoms with Gasteiger partial charge in [0.1, 0.15) is 0 Å². The zero-order valence-electron chi connectivity index (χ0n) is 9.85. The molecule has 0 unspecified atom stereocenters. The summed E-state index contributed by atoms with van der Waals surface area (Å²) in [5.41, 5.74) is 0.837. The molecule has 2 amide bonds. The zero-order chi connectivity index (χ0) is 13.4. The molecule has 0 heterocycles. The number of rotatable bonds is 6. The van der Waals surface area contributed by atoms with E-state index in [2.05, 4.69) is 10.6 Å². The molecule has 0 aliphatic heterocycles. The molecule has 0 radical (unpaired) electrons. The molecule has 0 saturated carbocycles. The number of carbonyl (C=O) groups excluding carboxylic acids is 2. The highest BCUT2D eigenvalue weighted by atomic mass is 16.3. The van der Waals surface area contributed by atoms with Gasteiger partial charge >= 0.3 is 0 Å². The molecular formula is C12H16N2O4. The van der Waals surface area contributed by atoms with Crippen molar-refractivity contribution in [2.24, 2.45) is 0 Å². The quantitative estimate of drug-likeness (QED) is 0.529. The van der Waals surface area contributed by atoms with Gasteiger partial charge in [-0.05, 0) is 24.3 Å². The fraction of sp³-hybridized carbons (Fsp3) is 0.333. The van der Waals surface area contributed by atoms with Gasteiger partial charge < -0.3 is 20.8 Å². The summed E-state index contributed by atoms with van der Waals surface area (Å²) in [6, 6.07) is 6.11. The Morgan fingerprint density at radius 1 is 0.833 bits per heavy atom. The predicted molar refractivity (Wildman–Crippen MR) is 65.3 cm³/mol. The maximum absolute atomic E-state index is 11.5. The number of hydrogen-bond donors (Lipinski definition) is 4. The van der Waals surface area contributed by atoms with Crippen LogP contribution in [0, 0.1) is 0 Å². The fourth-order valence-electron chi connectivity index (χ4n) is 1.32. The van der Waals surface area contributed by atoms with Crippen LogP contribution in [0.3, 0.4) is 0 Å². The highest BCUT2D eigenvalue weighted by molar-refractivity contribution is 5.97. The molecular weight excluding hydrogens is 236 g/mol. The Morgan fingerprint density at radius 3 is 1.44 bits per heavy atom. The van der Waals surface area contributed by atoms with E-state index in [4.69, 9.17) is 10.2 Å². The van der Waals surface area contributed by atoms with E-state index < -0.39 is 0 Å². The summed E-state index contributed by atoms with van der Waals surface area (Å²) in [5.74, 6) is -0.599. The lowest BCUT2D eigenvalue weighted by atomic mass is 10.1. The number of carbonyl (C=O) groups is 2. The molecule has 0 spiro atoms. The normalized spacial score (nSPS) is 9.89. The maximum Gasteiger partial charge on any atom is 0.251 e. The van der Waals surface area contributed by atoms with Gasteiger partial charge in [0.25, 0.3) is 11.8 Å². The first-order valence-corrected chi connectivity index (χ1v) is 5.57. The van der Waals surface area contributed by atoms with Gasteiger partial charge in [0.05, 0.1) is 13.2 Å². The third-order valence-electron chi connectivity index (χ3n) is 2.20. The number of aliphatic hydroxyl groups is 2. The minimum absolute atomic E-state index is 0.118. The molecule has 0 atom stereocenters. The minimum Gasteiger partial charge on any atom is -0.395 e. The number of nitrogens with one attached hydrogen (secondary N) is 2. The number of amides is 2. The largest absolute Gasteiger partial charge is 0.395 e. The van der Waals surface area contributed by atoms with E-state index in [0.717, 1.165) is 0 Å². The first-order chi connectivity index (χ1) is 8.69. The Morgan fingerprint density at radius 2 is 1.17 bits per heavy atom. The van der Waals surface area contributed by atoms with Crippen LogP contribution in [0.4, 0.5) is 0 Å². The van der Waals surface area contributed by atoms with Crippen molar-refractivity contribution in [3.8, 4) is 0 Å². The average molecular weight is 252 g/mol. The summed E-state index contributed by atoms with van der Waals surface area (Å²) in [4.78, 5) is 23.0. The lowest BCUT2D eigenvalue weighted by Crippen LogP contribution is -2.27. The smallest absolute Gasteiger partial charge is 0.251 e. The van der Waals surface area contributed by atoms with Crippen LogP contribution in [0.5, 0.6) is 0 Å². The van der Waals surface area contributed by atoms with Crippen LogP contribution in [0.25, 0.3) is 0 Å². The first-order valence-electron chi connectivity index (χ1n) is 5.57. The summed E-state index contributed by atoms with van der Waals surface area (Å²) in [6.45, 7) is 0.149. The van der Waals surface area contributed by atoms with E-state index in [-0.39, 0.29) is 38.1 Å². The van der Waals surface area contributed by atoms with Gasteiger partial charge in [0, 0.05) is 24.2 Å². The molecule has 0 bridgehead atoms. The van der Waals surface area contributed by atoms with Crippen LogP contribution in [0.15, 0.2) is 24.3 Å². The number of benzene rings is 1. The molecule has 18 heavy (non-hydrogen) atoms. The fourth-order valence-corrected chi connectivity index (χ4v) is 1.32. The lowest BCUT2D eigenvalue weighted by molar-refractivity contribution is 0.0933. The van der Waals surface area contributed by atoms with Crippen molar-refractivity contribution in [1.82, 2.24) is 10.6 Å². The standard InChI is InChI=1S/C12H16N2O4/c15-7-5-13-11(17)9-1-2-10(4-3-9)12(18)14-6-8-16/h1-4,15-16H,5-8H2,(H,13,17)(H,14,18). The molecule has 1 rings (SSSR count). The summed E-state index contributed by atoms with van der Waals surface area (Å²) in [5, 5.41) is 22.2. The van der Waals surface area contributed by atoms with Gasteiger partial charge in [-0.25, -0.2) is 0 Å². The summed E-state index contributed by atoms with van der Waals surface area (Å²) in [6.07, 6.45) is 0. The molecule has 0 saturated heterocycles. The Hall–Kier alpha value is -1.92. The minimum atomic E-state index is -0.300. The monoisotopic (exact) mass is 252 g/mol. The van der Waals surface area contributed by atoms with Crippen LogP contribution in [-0.4, -0.2) is 48.3 Å². The van der Waals surface area contributed by atoms with Crippen molar-refractivity contribution in [2.75, 3.05) is 26.3 Å². The van der Waals surface area contributed by atoms with Crippen molar-refractivity contribution >= 4 is 11.8 Å². The number of hydrogen-bond acceptors (Lipinski definition) is 4. The average Bonchev–Trinajstić information content (AvgIpc) is 2.42. The van der Waals surface area contributed by atoms with E-state index in [1.54, 1.807) is 0 Å². The summed E-state index contributed by atoms with van der Waals surface area (Å²) >= 11 is 0. The molecule has 0 aromatic heterocycles. The van der Waals surface area contributed by atoms with E-state index in [1.807, 2.05) is 0 Å². The predicted octanol–water partition coefficient (Wildman–Crippen LogP) is -0.869. The van der Waals surface area contributed by atoms with Gasteiger partial charge in [0.15, 0.2) is 0 Å². The Labute approximate surface area is 105 Å². The summed E-state index contributed by atoms with van der Waals surface area (Å²) < 4.78 is 0. The molecule has 0 aliphatic carbocycles. The van der Waals surface area contributed by atoms with Crippen molar-refractivity contribution < 1.29 is 19.8 Å².